The highest BCUT2D eigenvalue weighted by Gasteiger charge is 2.55. The molecule has 0 aromatic rings. The van der Waals surface area contributed by atoms with Gasteiger partial charge in [-0.15, -0.1) is 6.58 Å². The molecule has 0 spiro atoms. The van der Waals surface area contributed by atoms with Crippen LogP contribution in [0.2, 0.25) is 0 Å². The van der Waals surface area contributed by atoms with Crippen molar-refractivity contribution in [3.63, 3.8) is 0 Å². The predicted octanol–water partition coefficient (Wildman–Crippen LogP) is 3.37. The van der Waals surface area contributed by atoms with Gasteiger partial charge in [-0.1, -0.05) is 26.8 Å². The number of rotatable bonds is 1. The third-order valence-electron chi connectivity index (χ3n) is 3.92. The zero-order valence-electron chi connectivity index (χ0n) is 11.1. The molecule has 0 radical (unpaired) electrons. The molecule has 0 bridgehead atoms. The molecule has 92 valence electrons. The molecule has 1 saturated heterocycles. The summed E-state index contributed by atoms with van der Waals surface area (Å²) in [6, 6.07) is 0. The second kappa shape index (κ2) is 3.58. The molecule has 0 aromatic heterocycles. The Morgan fingerprint density at radius 3 is 2.25 bits per heavy atom. The molecule has 2 aliphatic rings. The molecule has 1 heterocycles. The average Bonchev–Trinajstić information content (AvgIpc) is 2.55. The molecule has 2 fully saturated rings. The van der Waals surface area contributed by atoms with Gasteiger partial charge in [-0.2, -0.15) is 0 Å². The van der Waals surface area contributed by atoms with Crippen LogP contribution in [0.15, 0.2) is 12.7 Å². The van der Waals surface area contributed by atoms with Gasteiger partial charge in [0.05, 0.1) is 12.2 Å². The lowest BCUT2D eigenvalue weighted by molar-refractivity contribution is -0.163. The van der Waals surface area contributed by atoms with Crippen molar-refractivity contribution in [3.8, 4) is 0 Å². The van der Waals surface area contributed by atoms with E-state index < -0.39 is 5.79 Å². The van der Waals surface area contributed by atoms with Gasteiger partial charge in [0, 0.05) is 5.92 Å². The normalized spacial score (nSPS) is 42.1. The fraction of sp³-hybridized carbons (Fsp3) is 0.857. The Kier molecular flexibility index (Phi) is 2.71. The standard InChI is InChI=1S/C14H24O2/c1-7-9-8-10(13(2,3)4)12-11(9)15-14(5,6)16-12/h7,9-12H,1,8H2,2-6H3/t9-,10+,11+,12-/m0/s1. The summed E-state index contributed by atoms with van der Waals surface area (Å²) < 4.78 is 12.1. The van der Waals surface area contributed by atoms with Crippen LogP contribution in [-0.2, 0) is 9.47 Å². The van der Waals surface area contributed by atoms with Crippen molar-refractivity contribution < 1.29 is 9.47 Å². The highest BCUT2D eigenvalue weighted by atomic mass is 16.8. The van der Waals surface area contributed by atoms with E-state index in [9.17, 15) is 0 Å². The highest BCUT2D eigenvalue weighted by Crippen LogP contribution is 2.50. The van der Waals surface area contributed by atoms with Crippen LogP contribution in [0.5, 0.6) is 0 Å². The van der Waals surface area contributed by atoms with Crippen molar-refractivity contribution >= 4 is 0 Å². The zero-order valence-corrected chi connectivity index (χ0v) is 11.1. The second-order valence-electron chi connectivity index (χ2n) is 6.67. The van der Waals surface area contributed by atoms with E-state index in [0.29, 0.717) is 11.8 Å². The monoisotopic (exact) mass is 224 g/mol. The number of hydrogen-bond acceptors (Lipinski definition) is 2. The molecule has 2 rings (SSSR count). The van der Waals surface area contributed by atoms with Gasteiger partial charge >= 0.3 is 0 Å². The number of fused-ring (bicyclic) bond motifs is 1. The summed E-state index contributed by atoms with van der Waals surface area (Å²) in [5.41, 5.74) is 0.268. The van der Waals surface area contributed by atoms with E-state index in [1.54, 1.807) is 0 Å². The van der Waals surface area contributed by atoms with E-state index in [2.05, 4.69) is 27.4 Å². The third kappa shape index (κ3) is 1.93. The van der Waals surface area contributed by atoms with Gasteiger partial charge in [0.1, 0.15) is 0 Å². The molecule has 0 N–H and O–H groups in total. The highest BCUT2D eigenvalue weighted by molar-refractivity contribution is 5.06. The third-order valence-corrected chi connectivity index (χ3v) is 3.92. The summed E-state index contributed by atoms with van der Waals surface area (Å²) in [7, 11) is 0. The molecular weight excluding hydrogens is 200 g/mol. The minimum absolute atomic E-state index is 0.205. The van der Waals surface area contributed by atoms with E-state index in [1.807, 2.05) is 19.9 Å². The molecule has 0 amide bonds. The van der Waals surface area contributed by atoms with Gasteiger partial charge in [-0.3, -0.25) is 0 Å². The number of ether oxygens (including phenoxy) is 2. The van der Waals surface area contributed by atoms with Crippen molar-refractivity contribution in [1.29, 1.82) is 0 Å². The van der Waals surface area contributed by atoms with Gasteiger partial charge in [-0.05, 0) is 31.6 Å². The van der Waals surface area contributed by atoms with E-state index in [-0.39, 0.29) is 17.6 Å². The molecule has 0 unspecified atom stereocenters. The molecule has 1 aliphatic carbocycles. The lowest BCUT2D eigenvalue weighted by Gasteiger charge is -2.32. The second-order valence-corrected chi connectivity index (χ2v) is 6.67. The lowest BCUT2D eigenvalue weighted by atomic mass is 9.78. The van der Waals surface area contributed by atoms with Crippen LogP contribution in [0.1, 0.15) is 41.0 Å². The summed E-state index contributed by atoms with van der Waals surface area (Å²) >= 11 is 0. The molecule has 2 heteroatoms. The first-order valence-electron chi connectivity index (χ1n) is 6.23. The van der Waals surface area contributed by atoms with Gasteiger partial charge in [0.15, 0.2) is 5.79 Å². The first-order valence-corrected chi connectivity index (χ1v) is 6.23. The van der Waals surface area contributed by atoms with Gasteiger partial charge < -0.3 is 9.47 Å². The Bertz CT molecular complexity index is 288. The van der Waals surface area contributed by atoms with Crippen molar-refractivity contribution in [2.24, 2.45) is 17.3 Å². The SMILES string of the molecule is C=C[C@H]1C[C@@H](C(C)(C)C)[C@@H]2OC(C)(C)O[C@@H]21. The lowest BCUT2D eigenvalue weighted by Crippen LogP contribution is -2.33. The Morgan fingerprint density at radius 1 is 1.19 bits per heavy atom. The van der Waals surface area contributed by atoms with Crippen molar-refractivity contribution in [1.82, 2.24) is 0 Å². The molecule has 4 atom stereocenters. The summed E-state index contributed by atoms with van der Waals surface area (Å²) in [5.74, 6) is 0.568. The Balaban J connectivity index is 2.24. The van der Waals surface area contributed by atoms with E-state index in [1.165, 1.54) is 0 Å². The predicted molar refractivity (Wildman–Crippen MR) is 65.1 cm³/mol. The van der Waals surface area contributed by atoms with Crippen molar-refractivity contribution in [2.45, 2.75) is 59.0 Å². The van der Waals surface area contributed by atoms with Crippen LogP contribution in [-0.4, -0.2) is 18.0 Å². The smallest absolute Gasteiger partial charge is 0.163 e. The van der Waals surface area contributed by atoms with E-state index in [0.717, 1.165) is 6.42 Å². The minimum Gasteiger partial charge on any atom is -0.344 e. The van der Waals surface area contributed by atoms with Crippen LogP contribution in [0.4, 0.5) is 0 Å². The topological polar surface area (TPSA) is 18.5 Å². The van der Waals surface area contributed by atoms with Crippen LogP contribution in [0.3, 0.4) is 0 Å². The Labute approximate surface area is 99.0 Å². The first kappa shape index (κ1) is 12.1. The molecule has 0 aromatic carbocycles. The van der Waals surface area contributed by atoms with Gasteiger partial charge in [0.2, 0.25) is 0 Å². The molecule has 1 aliphatic heterocycles. The largest absolute Gasteiger partial charge is 0.344 e. The Hall–Kier alpha value is -0.340. The van der Waals surface area contributed by atoms with Crippen molar-refractivity contribution in [3.05, 3.63) is 12.7 Å². The quantitative estimate of drug-likeness (QED) is 0.636. The fourth-order valence-electron chi connectivity index (χ4n) is 3.10. The average molecular weight is 224 g/mol. The summed E-state index contributed by atoms with van der Waals surface area (Å²) in [4.78, 5) is 0. The fourth-order valence-corrected chi connectivity index (χ4v) is 3.10. The maximum atomic E-state index is 6.07. The Morgan fingerprint density at radius 2 is 1.75 bits per heavy atom. The van der Waals surface area contributed by atoms with Crippen LogP contribution >= 0.6 is 0 Å². The summed E-state index contributed by atoms with van der Waals surface area (Å²) in [5, 5.41) is 0. The molecule has 16 heavy (non-hydrogen) atoms. The van der Waals surface area contributed by atoms with Crippen LogP contribution in [0, 0.1) is 17.3 Å². The summed E-state index contributed by atoms with van der Waals surface area (Å²) in [6.45, 7) is 14.8. The molecular formula is C14H24O2. The van der Waals surface area contributed by atoms with Crippen LogP contribution < -0.4 is 0 Å². The van der Waals surface area contributed by atoms with Gasteiger partial charge in [-0.25, -0.2) is 0 Å². The first-order chi connectivity index (χ1) is 7.24. The maximum Gasteiger partial charge on any atom is 0.163 e. The van der Waals surface area contributed by atoms with E-state index >= 15 is 0 Å². The maximum absolute atomic E-state index is 6.07. The van der Waals surface area contributed by atoms with Crippen molar-refractivity contribution in [2.75, 3.05) is 0 Å². The summed E-state index contributed by atoms with van der Waals surface area (Å²) in [6.07, 6.45) is 3.61. The van der Waals surface area contributed by atoms with E-state index in [4.69, 9.17) is 9.47 Å². The molecule has 1 saturated carbocycles. The molecule has 2 nitrogen and oxygen atoms in total. The van der Waals surface area contributed by atoms with Crippen LogP contribution in [0.25, 0.3) is 0 Å². The zero-order chi connectivity index (χ0) is 12.1. The minimum atomic E-state index is -0.430. The van der Waals surface area contributed by atoms with Gasteiger partial charge in [0.25, 0.3) is 0 Å². The number of hydrogen-bond donors (Lipinski definition) is 0.